The molecule has 3 heterocycles. The number of rotatable bonds is 2. The minimum atomic E-state index is 0.300. The molecule has 3 rings (SSSR count). The number of hydrogen-bond acceptors (Lipinski definition) is 3. The molecule has 0 saturated carbocycles. The van der Waals surface area contributed by atoms with Crippen molar-refractivity contribution in [2.75, 3.05) is 19.6 Å². The molecule has 1 aromatic heterocycles. The summed E-state index contributed by atoms with van der Waals surface area (Å²) in [5.74, 6) is 1.65. The second-order valence-electron chi connectivity index (χ2n) is 5.13. The average molecular weight is 250 g/mol. The molecule has 1 N–H and O–H groups in total. The van der Waals surface area contributed by atoms with Gasteiger partial charge in [-0.2, -0.15) is 0 Å². The summed E-state index contributed by atoms with van der Waals surface area (Å²) in [6.45, 7) is 5.30. The lowest BCUT2D eigenvalue weighted by Gasteiger charge is -2.24. The van der Waals surface area contributed by atoms with Crippen molar-refractivity contribution in [1.82, 2.24) is 10.2 Å². The maximum atomic E-state index is 12.3. The third kappa shape index (κ3) is 2.00. The van der Waals surface area contributed by atoms with Crippen LogP contribution in [0.5, 0.6) is 0 Å². The molecule has 0 aliphatic carbocycles. The van der Waals surface area contributed by atoms with Crippen molar-refractivity contribution >= 4 is 17.2 Å². The Morgan fingerprint density at radius 3 is 3.18 bits per heavy atom. The molecule has 17 heavy (non-hydrogen) atoms. The van der Waals surface area contributed by atoms with Gasteiger partial charge in [-0.05, 0) is 30.2 Å². The van der Waals surface area contributed by atoms with Crippen molar-refractivity contribution in [3.8, 4) is 0 Å². The van der Waals surface area contributed by atoms with Crippen LogP contribution in [0.4, 0.5) is 0 Å². The number of thiophene rings is 1. The molecule has 2 fully saturated rings. The third-order valence-electron chi connectivity index (χ3n) is 4.16. The fraction of sp³-hybridized carbons (Fsp3) is 0.615. The van der Waals surface area contributed by atoms with Crippen molar-refractivity contribution in [2.24, 2.45) is 11.8 Å². The minimum Gasteiger partial charge on any atom is -0.339 e. The normalized spacial score (nSPS) is 31.8. The molecule has 0 radical (unpaired) electrons. The van der Waals surface area contributed by atoms with E-state index < -0.39 is 0 Å². The summed E-state index contributed by atoms with van der Waals surface area (Å²) >= 11 is 1.67. The first kappa shape index (κ1) is 11.2. The topological polar surface area (TPSA) is 32.3 Å². The first-order valence-corrected chi connectivity index (χ1v) is 7.16. The number of carbonyl (C=O) groups excluding carboxylic acids is 1. The zero-order chi connectivity index (χ0) is 11.8. The lowest BCUT2D eigenvalue weighted by molar-refractivity contribution is -0.131. The molecule has 1 aromatic rings. The summed E-state index contributed by atoms with van der Waals surface area (Å²) in [5, 5.41) is 5.46. The molecule has 2 aliphatic heterocycles. The Hall–Kier alpha value is -0.870. The predicted octanol–water partition coefficient (Wildman–Crippen LogP) is 1.36. The van der Waals surface area contributed by atoms with Crippen LogP contribution in [0, 0.1) is 11.8 Å². The van der Waals surface area contributed by atoms with Crippen LogP contribution in [0.1, 0.15) is 11.8 Å². The SMILES string of the molecule is CC1C2CNCC2CN1C(=O)Cc1cccs1. The van der Waals surface area contributed by atoms with Gasteiger partial charge in [-0.15, -0.1) is 11.3 Å². The summed E-state index contributed by atoms with van der Waals surface area (Å²) in [6.07, 6.45) is 0.578. The highest BCUT2D eigenvalue weighted by molar-refractivity contribution is 7.10. The molecule has 0 bridgehead atoms. The number of amides is 1. The average Bonchev–Trinajstić information content (AvgIpc) is 2.97. The lowest BCUT2D eigenvalue weighted by Crippen LogP contribution is -2.38. The fourth-order valence-corrected chi connectivity index (χ4v) is 3.86. The summed E-state index contributed by atoms with van der Waals surface area (Å²) in [5.41, 5.74) is 0. The van der Waals surface area contributed by atoms with E-state index in [9.17, 15) is 4.79 Å². The summed E-state index contributed by atoms with van der Waals surface area (Å²) in [4.78, 5) is 15.5. The maximum absolute atomic E-state index is 12.3. The van der Waals surface area contributed by atoms with E-state index in [1.54, 1.807) is 11.3 Å². The van der Waals surface area contributed by atoms with Gasteiger partial charge < -0.3 is 10.2 Å². The standard InChI is InChI=1S/C13H18N2OS/c1-9-12-7-14-6-10(12)8-15(9)13(16)5-11-3-2-4-17-11/h2-4,9-10,12,14H,5-8H2,1H3. The number of fused-ring (bicyclic) bond motifs is 1. The van der Waals surface area contributed by atoms with Crippen molar-refractivity contribution in [3.63, 3.8) is 0 Å². The summed E-state index contributed by atoms with van der Waals surface area (Å²) in [7, 11) is 0. The molecule has 3 nitrogen and oxygen atoms in total. The monoisotopic (exact) mass is 250 g/mol. The molecule has 3 unspecified atom stereocenters. The van der Waals surface area contributed by atoms with E-state index in [0.717, 1.165) is 19.6 Å². The predicted molar refractivity (Wildman–Crippen MR) is 69.0 cm³/mol. The van der Waals surface area contributed by atoms with Gasteiger partial charge in [0.25, 0.3) is 0 Å². The Morgan fingerprint density at radius 1 is 1.59 bits per heavy atom. The number of nitrogens with zero attached hydrogens (tertiary/aromatic N) is 1. The first-order chi connectivity index (χ1) is 8.25. The molecule has 0 aromatic carbocycles. The van der Waals surface area contributed by atoms with E-state index in [2.05, 4.69) is 17.1 Å². The van der Waals surface area contributed by atoms with E-state index in [-0.39, 0.29) is 0 Å². The van der Waals surface area contributed by atoms with E-state index in [0.29, 0.717) is 30.2 Å². The van der Waals surface area contributed by atoms with Gasteiger partial charge in [0.2, 0.25) is 5.91 Å². The van der Waals surface area contributed by atoms with Gasteiger partial charge >= 0.3 is 0 Å². The van der Waals surface area contributed by atoms with Crippen LogP contribution in [-0.4, -0.2) is 36.5 Å². The van der Waals surface area contributed by atoms with Gasteiger partial charge in [0, 0.05) is 30.6 Å². The van der Waals surface area contributed by atoms with Crippen molar-refractivity contribution in [1.29, 1.82) is 0 Å². The molecule has 1 amide bonds. The molecule has 0 spiro atoms. The quantitative estimate of drug-likeness (QED) is 0.859. The zero-order valence-electron chi connectivity index (χ0n) is 10.1. The molecule has 2 saturated heterocycles. The van der Waals surface area contributed by atoms with Crippen molar-refractivity contribution in [2.45, 2.75) is 19.4 Å². The van der Waals surface area contributed by atoms with Gasteiger partial charge in [0.1, 0.15) is 0 Å². The minimum absolute atomic E-state index is 0.300. The van der Waals surface area contributed by atoms with Crippen LogP contribution in [0.2, 0.25) is 0 Å². The van der Waals surface area contributed by atoms with Crippen LogP contribution >= 0.6 is 11.3 Å². The van der Waals surface area contributed by atoms with Gasteiger partial charge in [-0.1, -0.05) is 6.07 Å². The van der Waals surface area contributed by atoms with E-state index in [4.69, 9.17) is 0 Å². The smallest absolute Gasteiger partial charge is 0.228 e. The van der Waals surface area contributed by atoms with Gasteiger partial charge in [-0.3, -0.25) is 4.79 Å². The van der Waals surface area contributed by atoms with Gasteiger partial charge in [0.15, 0.2) is 0 Å². The second-order valence-corrected chi connectivity index (χ2v) is 6.16. The molecular formula is C13H18N2OS. The highest BCUT2D eigenvalue weighted by Gasteiger charge is 2.43. The maximum Gasteiger partial charge on any atom is 0.228 e. The van der Waals surface area contributed by atoms with Crippen LogP contribution < -0.4 is 5.32 Å². The number of likely N-dealkylation sites (tertiary alicyclic amines) is 1. The Morgan fingerprint density at radius 2 is 2.47 bits per heavy atom. The van der Waals surface area contributed by atoms with Crippen LogP contribution in [0.15, 0.2) is 17.5 Å². The Balaban J connectivity index is 1.67. The van der Waals surface area contributed by atoms with Gasteiger partial charge in [0.05, 0.1) is 6.42 Å². The van der Waals surface area contributed by atoms with Crippen LogP contribution in [-0.2, 0) is 11.2 Å². The van der Waals surface area contributed by atoms with E-state index in [1.807, 2.05) is 17.5 Å². The molecule has 92 valence electrons. The molecule has 2 aliphatic rings. The Kier molecular flexibility index (Phi) is 2.92. The van der Waals surface area contributed by atoms with Crippen LogP contribution in [0.3, 0.4) is 0 Å². The lowest BCUT2D eigenvalue weighted by atomic mass is 9.95. The van der Waals surface area contributed by atoms with E-state index >= 15 is 0 Å². The zero-order valence-corrected chi connectivity index (χ0v) is 10.9. The second kappa shape index (κ2) is 4.42. The number of hydrogen-bond donors (Lipinski definition) is 1. The van der Waals surface area contributed by atoms with Crippen LogP contribution in [0.25, 0.3) is 0 Å². The van der Waals surface area contributed by atoms with E-state index in [1.165, 1.54) is 4.88 Å². The largest absolute Gasteiger partial charge is 0.339 e. The van der Waals surface area contributed by atoms with Crippen molar-refractivity contribution < 1.29 is 4.79 Å². The Labute approximate surface area is 106 Å². The molecule has 3 atom stereocenters. The Bertz CT molecular complexity index is 404. The number of nitrogens with one attached hydrogen (secondary N) is 1. The molecule has 4 heteroatoms. The summed E-state index contributed by atoms with van der Waals surface area (Å²) in [6, 6.07) is 4.47. The third-order valence-corrected chi connectivity index (χ3v) is 5.04. The van der Waals surface area contributed by atoms with Gasteiger partial charge in [-0.25, -0.2) is 0 Å². The molecular weight excluding hydrogens is 232 g/mol. The first-order valence-electron chi connectivity index (χ1n) is 6.28. The highest BCUT2D eigenvalue weighted by atomic mass is 32.1. The summed E-state index contributed by atoms with van der Waals surface area (Å²) < 4.78 is 0. The fourth-order valence-electron chi connectivity index (χ4n) is 3.16. The highest BCUT2D eigenvalue weighted by Crippen LogP contribution is 2.32. The van der Waals surface area contributed by atoms with Crippen molar-refractivity contribution in [3.05, 3.63) is 22.4 Å². The number of carbonyl (C=O) groups is 1.